The van der Waals surface area contributed by atoms with Crippen molar-refractivity contribution < 1.29 is 9.47 Å². The van der Waals surface area contributed by atoms with Crippen LogP contribution in [0.2, 0.25) is 0 Å². The molecule has 4 unspecified atom stereocenters. The fourth-order valence-electron chi connectivity index (χ4n) is 15.8. The van der Waals surface area contributed by atoms with Crippen LogP contribution in [0.4, 0.5) is 34.1 Å². The Morgan fingerprint density at radius 3 is 1.11 bits per heavy atom. The Hall–Kier alpha value is -6.72. The quantitative estimate of drug-likeness (QED) is 0.0632. The van der Waals surface area contributed by atoms with E-state index >= 15 is 0 Å². The van der Waals surface area contributed by atoms with Crippen molar-refractivity contribution in [1.82, 2.24) is 0 Å². The number of unbranched alkanes of at least 4 members (excludes halogenated alkanes) is 10. The van der Waals surface area contributed by atoms with Crippen molar-refractivity contribution in [2.45, 2.75) is 185 Å². The van der Waals surface area contributed by atoms with Crippen molar-refractivity contribution in [3.8, 4) is 33.4 Å². The van der Waals surface area contributed by atoms with Crippen molar-refractivity contribution in [2.24, 2.45) is 0 Å². The number of hydrogen-bond donors (Lipinski definition) is 0. The molecule has 13 rings (SSSR count). The molecule has 4 aliphatic heterocycles. The Labute approximate surface area is 484 Å². The van der Waals surface area contributed by atoms with Crippen molar-refractivity contribution in [2.75, 3.05) is 9.80 Å². The molecule has 8 aromatic rings. The third kappa shape index (κ3) is 9.38. The largest absolute Gasteiger partial charge is 0.360 e. The lowest BCUT2D eigenvalue weighted by atomic mass is 9.70. The first kappa shape index (κ1) is 53.6. The summed E-state index contributed by atoms with van der Waals surface area (Å²) in [6.45, 7) is 13.8. The second-order valence-electron chi connectivity index (χ2n) is 25.6. The van der Waals surface area contributed by atoms with Gasteiger partial charge in [0.1, 0.15) is 0 Å². The smallest absolute Gasteiger partial charge is 0.0920 e. The number of rotatable bonds is 22. The third-order valence-corrected chi connectivity index (χ3v) is 20.1. The van der Waals surface area contributed by atoms with E-state index in [1.807, 2.05) is 0 Å². The lowest BCUT2D eigenvalue weighted by Crippen LogP contribution is -2.26. The molecule has 0 radical (unpaired) electrons. The van der Waals surface area contributed by atoms with Gasteiger partial charge in [-0.25, -0.2) is 0 Å². The van der Waals surface area contributed by atoms with E-state index in [0.717, 1.165) is 49.9 Å². The normalized spacial score (nSPS) is 22.1. The molecule has 0 amide bonds. The lowest BCUT2D eigenvalue weighted by molar-refractivity contribution is -0.0665. The zero-order chi connectivity index (χ0) is 55.4. The highest BCUT2D eigenvalue weighted by Crippen LogP contribution is 2.62. The molecule has 0 spiro atoms. The molecule has 0 aromatic heterocycles. The monoisotopic (exact) mass is 1070 g/mol. The Morgan fingerprint density at radius 1 is 0.321 bits per heavy atom. The molecule has 4 heterocycles. The molecule has 4 nitrogen and oxygen atoms in total. The Bertz CT molecular complexity index is 3350. The summed E-state index contributed by atoms with van der Waals surface area (Å²) in [4.78, 5) is 5.10. The maximum Gasteiger partial charge on any atom is 0.0920 e. The first-order chi connectivity index (χ1) is 39.5. The minimum absolute atomic E-state index is 0.189. The molecule has 2 saturated heterocycles. The first-order valence-electron chi connectivity index (χ1n) is 31.4. The number of anilines is 6. The van der Waals surface area contributed by atoms with Gasteiger partial charge >= 0.3 is 0 Å². The number of nitrogens with zero attached hydrogens (tertiary/aromatic N) is 2. The van der Waals surface area contributed by atoms with E-state index in [-0.39, 0.29) is 27.8 Å². The Kier molecular flexibility index (Phi) is 14.3. The van der Waals surface area contributed by atoms with Gasteiger partial charge in [-0.2, -0.15) is 0 Å². The maximum atomic E-state index is 6.82. The molecule has 0 N–H and O–H groups in total. The van der Waals surface area contributed by atoms with Crippen LogP contribution in [0.5, 0.6) is 0 Å². The Balaban J connectivity index is 0.962. The molecular weight excluding hydrogens is 985 g/mol. The summed E-state index contributed by atoms with van der Waals surface area (Å²) in [5.41, 5.74) is 22.1. The van der Waals surface area contributed by atoms with Crippen molar-refractivity contribution in [3.05, 3.63) is 215 Å². The molecule has 4 heteroatoms. The van der Waals surface area contributed by atoms with Gasteiger partial charge in [0.25, 0.3) is 0 Å². The highest BCUT2D eigenvalue weighted by Gasteiger charge is 2.55. The van der Waals surface area contributed by atoms with Gasteiger partial charge in [-0.05, 0) is 195 Å². The van der Waals surface area contributed by atoms with E-state index in [1.54, 1.807) is 0 Å². The number of ether oxygens (including phenoxy) is 2. The fraction of sp³-hybridized carbons (Fsp3) is 0.377. The number of benzene rings is 8. The van der Waals surface area contributed by atoms with E-state index < -0.39 is 0 Å². The SMILES string of the molecule is CCCCCCCCC1(CCCCCCCC)c2cc(N(c3ccccc3)c3ccccc3-c3ccc4c(c3)C3(C)CCC4(C)O3)ccc2-c2ccc(N(c3ccccc3)c3ccccc3-c3ccc4c(c3)C3(C)CCC4(C)O3)cc21. The highest BCUT2D eigenvalue weighted by atomic mass is 16.5. The maximum absolute atomic E-state index is 6.82. The van der Waals surface area contributed by atoms with Crippen LogP contribution in [0.25, 0.3) is 33.4 Å². The van der Waals surface area contributed by atoms with E-state index in [9.17, 15) is 0 Å². The Morgan fingerprint density at radius 2 is 0.691 bits per heavy atom. The zero-order valence-corrected chi connectivity index (χ0v) is 49.3. The molecule has 0 saturated carbocycles. The molecule has 81 heavy (non-hydrogen) atoms. The van der Waals surface area contributed by atoms with E-state index in [2.05, 4.69) is 233 Å². The summed E-state index contributed by atoms with van der Waals surface area (Å²) >= 11 is 0. The van der Waals surface area contributed by atoms with Crippen LogP contribution in [0.3, 0.4) is 0 Å². The molecule has 1 aliphatic carbocycles. The van der Waals surface area contributed by atoms with Gasteiger partial charge in [0, 0.05) is 39.3 Å². The molecule has 8 aromatic carbocycles. The lowest BCUT2D eigenvalue weighted by Gasteiger charge is -2.35. The standard InChI is InChI=1S/C77H84N2O2/c1-7-9-11-13-15-27-45-77(46-28-16-14-12-10-8-2)67-53-59(78(57-29-19-17-20-30-57)71-35-25-23-33-61(71)55-37-43-65-69(51-55)75(5)49-47-73(65,3)80-75)39-41-63(67)64-42-40-60(54-68(64)77)79(58-31-21-18-22-32-58)72-36-26-24-34-62(72)56-38-44-66-70(52-56)76(6)50-48-74(66,4)81-76/h17-26,29-44,51-54H,7-16,27-28,45-50H2,1-6H3. The third-order valence-electron chi connectivity index (χ3n) is 20.1. The van der Waals surface area contributed by atoms with Crippen LogP contribution < -0.4 is 9.80 Å². The summed E-state index contributed by atoms with van der Waals surface area (Å²) in [7, 11) is 0. The number of para-hydroxylation sites is 4. The second kappa shape index (κ2) is 21.6. The van der Waals surface area contributed by atoms with Gasteiger partial charge in [-0.3, -0.25) is 0 Å². The average molecular weight is 1070 g/mol. The van der Waals surface area contributed by atoms with E-state index in [4.69, 9.17) is 9.47 Å². The molecule has 4 atom stereocenters. The average Bonchev–Trinajstić information content (AvgIpc) is 3.02. The molecule has 414 valence electrons. The van der Waals surface area contributed by atoms with Crippen LogP contribution in [0.15, 0.2) is 182 Å². The topological polar surface area (TPSA) is 24.9 Å². The number of fused-ring (bicyclic) bond motifs is 13. The van der Waals surface area contributed by atoms with Gasteiger partial charge in [0.05, 0.1) is 33.8 Å². The summed E-state index contributed by atoms with van der Waals surface area (Å²) < 4.78 is 13.6. The van der Waals surface area contributed by atoms with Crippen LogP contribution in [0.1, 0.15) is 190 Å². The van der Waals surface area contributed by atoms with Crippen molar-refractivity contribution >= 4 is 34.1 Å². The van der Waals surface area contributed by atoms with Crippen molar-refractivity contribution in [3.63, 3.8) is 0 Å². The predicted octanol–water partition coefficient (Wildman–Crippen LogP) is 22.2. The molecule has 2 fully saturated rings. The summed E-state index contributed by atoms with van der Waals surface area (Å²) in [5.74, 6) is 0. The van der Waals surface area contributed by atoms with Gasteiger partial charge in [0.15, 0.2) is 0 Å². The number of hydrogen-bond acceptors (Lipinski definition) is 4. The zero-order valence-electron chi connectivity index (χ0n) is 49.3. The van der Waals surface area contributed by atoms with Crippen LogP contribution in [0, 0.1) is 0 Å². The summed E-state index contributed by atoms with van der Waals surface area (Å²) in [6, 6.07) is 69.9. The molecule has 5 aliphatic rings. The predicted molar refractivity (Wildman–Crippen MR) is 339 cm³/mol. The van der Waals surface area contributed by atoms with E-state index in [1.165, 1.54) is 167 Å². The van der Waals surface area contributed by atoms with E-state index in [0.29, 0.717) is 0 Å². The van der Waals surface area contributed by atoms with Gasteiger partial charge in [-0.15, -0.1) is 0 Å². The minimum atomic E-state index is -0.255. The minimum Gasteiger partial charge on any atom is -0.360 e. The van der Waals surface area contributed by atoms with Crippen LogP contribution in [-0.4, -0.2) is 0 Å². The van der Waals surface area contributed by atoms with Crippen molar-refractivity contribution in [1.29, 1.82) is 0 Å². The highest BCUT2D eigenvalue weighted by molar-refractivity contribution is 5.93. The van der Waals surface area contributed by atoms with Crippen LogP contribution in [-0.2, 0) is 37.3 Å². The first-order valence-corrected chi connectivity index (χ1v) is 31.4. The fourth-order valence-corrected chi connectivity index (χ4v) is 15.8. The molecule has 4 bridgehead atoms. The second-order valence-corrected chi connectivity index (χ2v) is 25.6. The molecular formula is C77H84N2O2. The summed E-state index contributed by atoms with van der Waals surface area (Å²) in [5, 5.41) is 0. The van der Waals surface area contributed by atoms with Gasteiger partial charge in [0.2, 0.25) is 0 Å². The van der Waals surface area contributed by atoms with Gasteiger partial charge in [-0.1, -0.05) is 200 Å². The van der Waals surface area contributed by atoms with Crippen LogP contribution >= 0.6 is 0 Å². The summed E-state index contributed by atoms with van der Waals surface area (Å²) in [6.07, 6.45) is 21.7. The van der Waals surface area contributed by atoms with Gasteiger partial charge < -0.3 is 19.3 Å².